The third kappa shape index (κ3) is 4.48. The Balaban J connectivity index is 1.98. The molecule has 0 aliphatic heterocycles. The monoisotopic (exact) mass is 282 g/mol. The second-order valence-electron chi connectivity index (χ2n) is 4.66. The van der Waals surface area contributed by atoms with Crippen LogP contribution >= 0.6 is 0 Å². The van der Waals surface area contributed by atoms with Crippen LogP contribution in [0.5, 0.6) is 0 Å². The number of amides is 1. The summed E-state index contributed by atoms with van der Waals surface area (Å²) in [5.74, 6) is 5.83. The van der Waals surface area contributed by atoms with Gasteiger partial charge in [0.25, 0.3) is 0 Å². The van der Waals surface area contributed by atoms with E-state index in [4.69, 9.17) is 5.73 Å². The zero-order valence-electron chi connectivity index (χ0n) is 12.0. The summed E-state index contributed by atoms with van der Waals surface area (Å²) in [7, 11) is 1.78. The normalized spacial score (nSPS) is 9.81. The summed E-state index contributed by atoms with van der Waals surface area (Å²) in [6.07, 6.45) is 3.43. The SMILES string of the molecule is CN(Cc1cccc(C#CCN)c1)C(=O)Cn1cccn1. The van der Waals surface area contributed by atoms with E-state index in [9.17, 15) is 4.79 Å². The Morgan fingerprint density at radius 1 is 1.43 bits per heavy atom. The van der Waals surface area contributed by atoms with Crippen molar-refractivity contribution in [2.75, 3.05) is 13.6 Å². The van der Waals surface area contributed by atoms with Crippen LogP contribution in [0.25, 0.3) is 0 Å². The molecule has 1 heterocycles. The first-order valence-corrected chi connectivity index (χ1v) is 6.68. The standard InChI is InChI=1S/C16H18N4O/c1-19(16(21)13-20-10-4-9-18-20)12-15-6-2-5-14(11-15)7-3-8-17/h2,4-6,9-11H,8,12-13,17H2,1H3. The van der Waals surface area contributed by atoms with Crippen LogP contribution in [-0.4, -0.2) is 34.2 Å². The molecule has 1 aromatic heterocycles. The molecule has 0 saturated carbocycles. The molecule has 0 atom stereocenters. The van der Waals surface area contributed by atoms with E-state index < -0.39 is 0 Å². The topological polar surface area (TPSA) is 64.2 Å². The first-order chi connectivity index (χ1) is 10.2. The number of aromatic nitrogens is 2. The quantitative estimate of drug-likeness (QED) is 0.846. The van der Waals surface area contributed by atoms with Gasteiger partial charge >= 0.3 is 0 Å². The van der Waals surface area contributed by atoms with Crippen LogP contribution in [0.1, 0.15) is 11.1 Å². The Morgan fingerprint density at radius 3 is 3.00 bits per heavy atom. The molecule has 0 bridgehead atoms. The molecule has 1 amide bonds. The van der Waals surface area contributed by atoms with Gasteiger partial charge in [-0.25, -0.2) is 0 Å². The van der Waals surface area contributed by atoms with E-state index >= 15 is 0 Å². The summed E-state index contributed by atoms with van der Waals surface area (Å²) in [6, 6.07) is 9.61. The summed E-state index contributed by atoms with van der Waals surface area (Å²) in [4.78, 5) is 13.8. The van der Waals surface area contributed by atoms with Crippen molar-refractivity contribution in [3.05, 3.63) is 53.9 Å². The number of carbonyl (C=O) groups is 1. The first-order valence-electron chi connectivity index (χ1n) is 6.68. The largest absolute Gasteiger partial charge is 0.340 e. The molecule has 108 valence electrons. The van der Waals surface area contributed by atoms with Crippen molar-refractivity contribution in [3.63, 3.8) is 0 Å². The van der Waals surface area contributed by atoms with Gasteiger partial charge in [-0.1, -0.05) is 24.0 Å². The molecule has 0 aliphatic carbocycles. The maximum atomic E-state index is 12.1. The van der Waals surface area contributed by atoms with Crippen molar-refractivity contribution in [1.29, 1.82) is 0 Å². The van der Waals surface area contributed by atoms with Gasteiger partial charge < -0.3 is 10.6 Å². The summed E-state index contributed by atoms with van der Waals surface area (Å²) in [5.41, 5.74) is 7.31. The maximum Gasteiger partial charge on any atom is 0.244 e. The van der Waals surface area contributed by atoms with Gasteiger partial charge in [-0.2, -0.15) is 5.10 Å². The summed E-state index contributed by atoms with van der Waals surface area (Å²) < 4.78 is 1.61. The highest BCUT2D eigenvalue weighted by atomic mass is 16.2. The van der Waals surface area contributed by atoms with Crippen molar-refractivity contribution in [3.8, 4) is 11.8 Å². The number of nitrogens with two attached hydrogens (primary N) is 1. The minimum absolute atomic E-state index is 0.0112. The molecule has 2 rings (SSSR count). The van der Waals surface area contributed by atoms with E-state index in [-0.39, 0.29) is 12.5 Å². The molecule has 0 unspecified atom stereocenters. The number of nitrogens with zero attached hydrogens (tertiary/aromatic N) is 3. The molecule has 0 saturated heterocycles. The molecule has 1 aromatic carbocycles. The summed E-state index contributed by atoms with van der Waals surface area (Å²) >= 11 is 0. The predicted octanol–water partition coefficient (Wildman–Crippen LogP) is 0.852. The maximum absolute atomic E-state index is 12.1. The fraction of sp³-hybridized carbons (Fsp3) is 0.250. The highest BCUT2D eigenvalue weighted by Gasteiger charge is 2.10. The number of hydrogen-bond donors (Lipinski definition) is 1. The van der Waals surface area contributed by atoms with E-state index in [1.54, 1.807) is 35.1 Å². The number of likely N-dealkylation sites (N-methyl/N-ethyl adjacent to an activating group) is 1. The lowest BCUT2D eigenvalue weighted by Gasteiger charge is -2.17. The van der Waals surface area contributed by atoms with E-state index in [0.29, 0.717) is 13.1 Å². The van der Waals surface area contributed by atoms with Crippen LogP contribution in [0, 0.1) is 11.8 Å². The second-order valence-corrected chi connectivity index (χ2v) is 4.66. The fourth-order valence-corrected chi connectivity index (χ4v) is 1.92. The molecule has 0 spiro atoms. The molecule has 5 heteroatoms. The van der Waals surface area contributed by atoms with Crippen LogP contribution < -0.4 is 5.73 Å². The van der Waals surface area contributed by atoms with Gasteiger partial charge in [0.15, 0.2) is 0 Å². The summed E-state index contributed by atoms with van der Waals surface area (Å²) in [5, 5.41) is 4.03. The number of benzene rings is 1. The third-order valence-electron chi connectivity index (χ3n) is 2.96. The van der Waals surface area contributed by atoms with Crippen LogP contribution in [0.4, 0.5) is 0 Å². The van der Waals surface area contributed by atoms with Crippen molar-refractivity contribution in [1.82, 2.24) is 14.7 Å². The fourth-order valence-electron chi connectivity index (χ4n) is 1.92. The highest BCUT2D eigenvalue weighted by Crippen LogP contribution is 2.07. The predicted molar refractivity (Wildman–Crippen MR) is 81.1 cm³/mol. The van der Waals surface area contributed by atoms with Gasteiger partial charge in [-0.3, -0.25) is 9.48 Å². The number of hydrogen-bond acceptors (Lipinski definition) is 3. The average molecular weight is 282 g/mol. The van der Waals surface area contributed by atoms with E-state index in [0.717, 1.165) is 11.1 Å². The van der Waals surface area contributed by atoms with E-state index in [2.05, 4.69) is 16.9 Å². The van der Waals surface area contributed by atoms with Crippen molar-refractivity contribution >= 4 is 5.91 Å². The lowest BCUT2D eigenvalue weighted by molar-refractivity contribution is -0.131. The van der Waals surface area contributed by atoms with E-state index in [1.165, 1.54) is 0 Å². The van der Waals surface area contributed by atoms with Gasteiger partial charge in [0.2, 0.25) is 5.91 Å². The Hall–Kier alpha value is -2.58. The van der Waals surface area contributed by atoms with Crippen molar-refractivity contribution in [2.45, 2.75) is 13.1 Å². The average Bonchev–Trinajstić information content (AvgIpc) is 2.98. The molecule has 0 aliphatic rings. The van der Waals surface area contributed by atoms with Crippen LogP contribution in [0.3, 0.4) is 0 Å². The Morgan fingerprint density at radius 2 is 2.29 bits per heavy atom. The zero-order chi connectivity index (χ0) is 15.1. The minimum atomic E-state index is 0.0112. The Labute approximate surface area is 124 Å². The van der Waals surface area contributed by atoms with Crippen LogP contribution in [0.2, 0.25) is 0 Å². The van der Waals surface area contributed by atoms with Gasteiger partial charge in [0.05, 0.1) is 6.54 Å². The molecular weight excluding hydrogens is 264 g/mol. The molecular formula is C16H18N4O. The molecule has 21 heavy (non-hydrogen) atoms. The van der Waals surface area contributed by atoms with Crippen LogP contribution in [0.15, 0.2) is 42.7 Å². The number of rotatable bonds is 4. The zero-order valence-corrected chi connectivity index (χ0v) is 12.0. The van der Waals surface area contributed by atoms with Gasteiger partial charge in [-0.05, 0) is 23.8 Å². The third-order valence-corrected chi connectivity index (χ3v) is 2.96. The minimum Gasteiger partial charge on any atom is -0.340 e. The first kappa shape index (κ1) is 14.8. The van der Waals surface area contributed by atoms with Crippen molar-refractivity contribution in [2.24, 2.45) is 5.73 Å². The van der Waals surface area contributed by atoms with Crippen molar-refractivity contribution < 1.29 is 4.79 Å². The smallest absolute Gasteiger partial charge is 0.244 e. The Bertz CT molecular complexity index is 652. The van der Waals surface area contributed by atoms with Gasteiger partial charge in [-0.15, -0.1) is 0 Å². The lowest BCUT2D eigenvalue weighted by atomic mass is 10.1. The Kier molecular flexibility index (Phi) is 5.13. The molecule has 2 N–H and O–H groups in total. The molecule has 2 aromatic rings. The van der Waals surface area contributed by atoms with Gasteiger partial charge in [0.1, 0.15) is 6.54 Å². The molecule has 0 fully saturated rings. The summed E-state index contributed by atoms with van der Waals surface area (Å²) in [6.45, 7) is 1.13. The lowest BCUT2D eigenvalue weighted by Crippen LogP contribution is -2.29. The van der Waals surface area contributed by atoms with E-state index in [1.807, 2.05) is 24.3 Å². The second kappa shape index (κ2) is 7.27. The van der Waals surface area contributed by atoms with Crippen LogP contribution in [-0.2, 0) is 17.9 Å². The number of carbonyl (C=O) groups excluding carboxylic acids is 1. The molecule has 0 radical (unpaired) electrons. The van der Waals surface area contributed by atoms with Gasteiger partial charge in [0, 0.05) is 31.5 Å². The molecule has 5 nitrogen and oxygen atoms in total. The highest BCUT2D eigenvalue weighted by molar-refractivity contribution is 5.75.